The minimum Gasteiger partial charge on any atom is -0.490 e. The molecule has 0 heterocycles. The van der Waals surface area contributed by atoms with E-state index in [1.165, 1.54) is 6.07 Å². The third-order valence-electron chi connectivity index (χ3n) is 4.78. The van der Waals surface area contributed by atoms with E-state index in [1.54, 1.807) is 19.1 Å². The number of hydrogen-bond donors (Lipinski definition) is 3. The molecular weight excluding hydrogens is 399 g/mol. The van der Waals surface area contributed by atoms with Gasteiger partial charge in [0, 0.05) is 6.04 Å². The molecule has 164 valence electrons. The van der Waals surface area contributed by atoms with Crippen LogP contribution in [0.1, 0.15) is 57.1 Å². The molecule has 9 heteroatoms. The van der Waals surface area contributed by atoms with E-state index >= 15 is 0 Å². The monoisotopic (exact) mass is 430 g/mol. The fourth-order valence-electron chi connectivity index (χ4n) is 2.88. The maximum Gasteiger partial charge on any atom is 0.317 e. The van der Waals surface area contributed by atoms with Gasteiger partial charge in [0.05, 0.1) is 18.9 Å². The topological polar surface area (TPSA) is 105 Å². The smallest absolute Gasteiger partial charge is 0.317 e. The summed E-state index contributed by atoms with van der Waals surface area (Å²) in [6.45, 7) is 2.76. The average molecular weight is 431 g/mol. The van der Waals surface area contributed by atoms with Gasteiger partial charge in [-0.1, -0.05) is 18.9 Å². The highest BCUT2D eigenvalue weighted by Crippen LogP contribution is 2.31. The molecule has 2 rings (SSSR count). The van der Waals surface area contributed by atoms with Gasteiger partial charge >= 0.3 is 5.97 Å². The summed E-state index contributed by atoms with van der Waals surface area (Å²) in [4.78, 5) is 10.4. The normalized spacial score (nSPS) is 15.2. The van der Waals surface area contributed by atoms with E-state index in [1.807, 2.05) is 0 Å². The van der Waals surface area contributed by atoms with Gasteiger partial charge in [0.2, 0.25) is 10.0 Å². The van der Waals surface area contributed by atoms with Crippen molar-refractivity contribution >= 4 is 16.0 Å². The summed E-state index contributed by atoms with van der Waals surface area (Å²) in [5.74, 6) is -0.646. The molecule has 0 saturated heterocycles. The number of carboxylic acids is 1. The molecule has 1 unspecified atom stereocenters. The predicted octanol–water partition coefficient (Wildman–Crippen LogP) is 2.83. The second-order valence-corrected chi connectivity index (χ2v) is 9.46. The molecular formula is C20H31FN2O5S. The van der Waals surface area contributed by atoms with Gasteiger partial charge in [0.1, 0.15) is 0 Å². The van der Waals surface area contributed by atoms with E-state index in [-0.39, 0.29) is 18.0 Å². The largest absolute Gasteiger partial charge is 0.490 e. The molecule has 1 atom stereocenters. The third-order valence-corrected chi connectivity index (χ3v) is 6.31. The predicted molar refractivity (Wildman–Crippen MR) is 109 cm³/mol. The van der Waals surface area contributed by atoms with E-state index in [0.29, 0.717) is 31.1 Å². The van der Waals surface area contributed by atoms with Gasteiger partial charge in [0.25, 0.3) is 0 Å². The van der Waals surface area contributed by atoms with Crippen LogP contribution in [0.25, 0.3) is 0 Å². The van der Waals surface area contributed by atoms with Crippen LogP contribution in [0, 0.1) is 11.7 Å². The van der Waals surface area contributed by atoms with Crippen molar-refractivity contribution in [1.82, 2.24) is 10.0 Å². The van der Waals surface area contributed by atoms with Crippen molar-refractivity contribution in [3.05, 3.63) is 29.6 Å². The summed E-state index contributed by atoms with van der Waals surface area (Å²) < 4.78 is 46.7. The second kappa shape index (κ2) is 11.5. The van der Waals surface area contributed by atoms with E-state index in [9.17, 15) is 17.6 Å². The highest BCUT2D eigenvalue weighted by atomic mass is 32.2. The van der Waals surface area contributed by atoms with E-state index in [0.717, 1.165) is 32.1 Å². The van der Waals surface area contributed by atoms with Gasteiger partial charge < -0.3 is 15.2 Å². The summed E-state index contributed by atoms with van der Waals surface area (Å²) in [5.41, 5.74) is 0.658. The molecule has 0 radical (unpaired) electrons. The molecule has 29 heavy (non-hydrogen) atoms. The molecule has 0 amide bonds. The SMILES string of the molecule is CC(NS(=O)(=O)CCCCCCNCC(=O)O)c1ccc(F)c(OCC2CC2)c1. The number of ether oxygens (including phenoxy) is 1. The molecule has 7 nitrogen and oxygen atoms in total. The number of sulfonamides is 1. The fourth-order valence-corrected chi connectivity index (χ4v) is 4.26. The lowest BCUT2D eigenvalue weighted by Crippen LogP contribution is -2.29. The Morgan fingerprint density at radius 2 is 2.00 bits per heavy atom. The summed E-state index contributed by atoms with van der Waals surface area (Å²) in [7, 11) is -3.45. The standard InChI is InChI=1S/C20H31FN2O5S/c1-15(17-8-9-18(21)19(12-17)28-14-16-6-7-16)23-29(26,27)11-5-3-2-4-10-22-13-20(24)25/h8-9,12,15-16,22-23H,2-7,10-11,13-14H2,1H3,(H,24,25). The number of unbranched alkanes of at least 4 members (excludes halogenated alkanes) is 3. The van der Waals surface area contributed by atoms with Crippen LogP contribution in [0.3, 0.4) is 0 Å². The summed E-state index contributed by atoms with van der Waals surface area (Å²) in [5, 5.41) is 11.3. The van der Waals surface area contributed by atoms with Gasteiger partial charge in [-0.15, -0.1) is 0 Å². The van der Waals surface area contributed by atoms with Crippen LogP contribution in [0.5, 0.6) is 5.75 Å². The van der Waals surface area contributed by atoms with E-state index < -0.39 is 27.9 Å². The number of aliphatic carboxylic acids is 1. The number of hydrogen-bond acceptors (Lipinski definition) is 5. The molecule has 1 fully saturated rings. The Morgan fingerprint density at radius 1 is 1.28 bits per heavy atom. The molecule has 1 saturated carbocycles. The Kier molecular flexibility index (Phi) is 9.32. The zero-order chi connectivity index (χ0) is 21.3. The highest BCUT2D eigenvalue weighted by Gasteiger charge is 2.23. The average Bonchev–Trinajstić information content (AvgIpc) is 3.47. The number of carboxylic acid groups (broad SMARTS) is 1. The molecule has 1 aliphatic rings. The molecule has 0 aromatic heterocycles. The highest BCUT2D eigenvalue weighted by molar-refractivity contribution is 7.89. The molecule has 0 spiro atoms. The minimum atomic E-state index is -3.45. The number of rotatable bonds is 15. The Labute approximate surface area is 172 Å². The minimum absolute atomic E-state index is 0.0200. The zero-order valence-electron chi connectivity index (χ0n) is 16.8. The van der Waals surface area contributed by atoms with Crippen LogP contribution in [0.15, 0.2) is 18.2 Å². The number of nitrogens with one attached hydrogen (secondary N) is 2. The second-order valence-electron chi connectivity index (χ2n) is 7.59. The molecule has 1 aliphatic carbocycles. The zero-order valence-corrected chi connectivity index (χ0v) is 17.6. The number of benzene rings is 1. The van der Waals surface area contributed by atoms with Crippen LogP contribution < -0.4 is 14.8 Å². The first-order chi connectivity index (χ1) is 13.8. The van der Waals surface area contributed by atoms with Crippen molar-refractivity contribution in [1.29, 1.82) is 0 Å². The number of carbonyl (C=O) groups is 1. The maximum absolute atomic E-state index is 13.9. The first-order valence-corrected chi connectivity index (χ1v) is 11.8. The lowest BCUT2D eigenvalue weighted by Gasteiger charge is -2.16. The van der Waals surface area contributed by atoms with Gasteiger partial charge in [-0.05, 0) is 62.8 Å². The quantitative estimate of drug-likeness (QED) is 0.370. The molecule has 1 aromatic carbocycles. The van der Waals surface area contributed by atoms with Crippen molar-refractivity contribution in [2.45, 2.75) is 51.5 Å². The van der Waals surface area contributed by atoms with Crippen molar-refractivity contribution in [3.8, 4) is 5.75 Å². The van der Waals surface area contributed by atoms with Crippen molar-refractivity contribution in [3.63, 3.8) is 0 Å². The summed E-state index contributed by atoms with van der Waals surface area (Å²) in [6, 6.07) is 3.95. The number of halogens is 1. The molecule has 3 N–H and O–H groups in total. The molecule has 0 bridgehead atoms. The molecule has 0 aliphatic heterocycles. The van der Waals surface area contributed by atoms with Gasteiger partial charge in [-0.2, -0.15) is 0 Å². The van der Waals surface area contributed by atoms with E-state index in [2.05, 4.69) is 10.0 Å². The van der Waals surface area contributed by atoms with Crippen LogP contribution in [0.4, 0.5) is 4.39 Å². The first-order valence-electron chi connectivity index (χ1n) is 10.1. The Bertz CT molecular complexity index is 768. The summed E-state index contributed by atoms with van der Waals surface area (Å²) >= 11 is 0. The Balaban J connectivity index is 1.71. The third kappa shape index (κ3) is 9.56. The maximum atomic E-state index is 13.9. The van der Waals surface area contributed by atoms with Crippen molar-refractivity contribution < 1.29 is 27.4 Å². The van der Waals surface area contributed by atoms with Crippen molar-refractivity contribution in [2.24, 2.45) is 5.92 Å². The van der Waals surface area contributed by atoms with Crippen LogP contribution in [-0.2, 0) is 14.8 Å². The van der Waals surface area contributed by atoms with Gasteiger partial charge in [-0.3, -0.25) is 4.79 Å². The lowest BCUT2D eigenvalue weighted by molar-refractivity contribution is -0.135. The summed E-state index contributed by atoms with van der Waals surface area (Å²) in [6.07, 6.45) is 5.13. The van der Waals surface area contributed by atoms with Crippen LogP contribution in [-0.4, -0.2) is 44.9 Å². The Hall–Kier alpha value is -1.71. The molecule has 1 aromatic rings. The van der Waals surface area contributed by atoms with Gasteiger partial charge in [0.15, 0.2) is 11.6 Å². The lowest BCUT2D eigenvalue weighted by atomic mass is 10.1. The first kappa shape index (κ1) is 23.6. The van der Waals surface area contributed by atoms with Crippen LogP contribution in [0.2, 0.25) is 0 Å². The van der Waals surface area contributed by atoms with Crippen LogP contribution >= 0.6 is 0 Å². The fraction of sp³-hybridized carbons (Fsp3) is 0.650. The Morgan fingerprint density at radius 3 is 2.69 bits per heavy atom. The van der Waals surface area contributed by atoms with Gasteiger partial charge in [-0.25, -0.2) is 17.5 Å². The van der Waals surface area contributed by atoms with E-state index in [4.69, 9.17) is 9.84 Å². The van der Waals surface area contributed by atoms with Crippen molar-refractivity contribution in [2.75, 3.05) is 25.4 Å².